The number of carbonyl (C=O) groups excluding carboxylic acids is 7. The number of nitrogens with one attached hydrogen (secondary N) is 6. The van der Waals surface area contributed by atoms with Crippen LogP contribution in [-0.2, 0) is 47.9 Å². The van der Waals surface area contributed by atoms with Gasteiger partial charge in [-0.2, -0.15) is 0 Å². The number of carboxylic acids is 3. The predicted octanol–water partition coefficient (Wildman–Crippen LogP) is -3.48. The lowest BCUT2D eigenvalue weighted by Crippen LogP contribution is -2.59. The Labute approximate surface area is 318 Å². The fourth-order valence-corrected chi connectivity index (χ4v) is 4.88. The van der Waals surface area contributed by atoms with Crippen LogP contribution < -0.4 is 49.1 Å². The van der Waals surface area contributed by atoms with E-state index in [4.69, 9.17) is 17.2 Å². The highest BCUT2D eigenvalue weighted by Crippen LogP contribution is 2.10. The van der Waals surface area contributed by atoms with Gasteiger partial charge in [-0.1, -0.05) is 13.8 Å². The van der Waals surface area contributed by atoms with Gasteiger partial charge in [0.15, 0.2) is 0 Å². The number of hydrogen-bond acceptors (Lipinski definition) is 12. The lowest BCUT2D eigenvalue weighted by molar-refractivity contribution is -0.142. The van der Waals surface area contributed by atoms with Crippen LogP contribution in [-0.4, -0.2) is 123 Å². The van der Waals surface area contributed by atoms with Crippen molar-refractivity contribution in [1.29, 1.82) is 0 Å². The minimum Gasteiger partial charge on any atom is -0.481 e. The highest BCUT2D eigenvalue weighted by atomic mass is 16.4. The summed E-state index contributed by atoms with van der Waals surface area (Å²) in [6, 6.07) is -9.66. The van der Waals surface area contributed by atoms with Crippen molar-refractivity contribution < 1.29 is 63.3 Å². The number of nitrogens with two attached hydrogens (primary N) is 3. The predicted molar refractivity (Wildman–Crippen MR) is 193 cm³/mol. The Bertz CT molecular complexity index is 1380. The van der Waals surface area contributed by atoms with E-state index in [0.29, 0.717) is 12.8 Å². The molecular weight excluding hydrogens is 730 g/mol. The largest absolute Gasteiger partial charge is 0.481 e. The number of amides is 7. The van der Waals surface area contributed by atoms with Crippen molar-refractivity contribution in [3.8, 4) is 0 Å². The summed E-state index contributed by atoms with van der Waals surface area (Å²) >= 11 is 0. The number of primary amides is 1. The summed E-state index contributed by atoms with van der Waals surface area (Å²) in [5.74, 6) is -10.8. The Hall–Kier alpha value is -5.38. The van der Waals surface area contributed by atoms with E-state index in [1.165, 1.54) is 13.8 Å². The van der Waals surface area contributed by atoms with Crippen LogP contribution in [0.25, 0.3) is 0 Å². The summed E-state index contributed by atoms with van der Waals surface area (Å²) in [5.41, 5.74) is 16.2. The smallest absolute Gasteiger partial charge is 0.326 e. The number of carboxylic acid groups (broad SMARTS) is 3. The van der Waals surface area contributed by atoms with Crippen molar-refractivity contribution >= 4 is 59.3 Å². The minimum atomic E-state index is -1.64. The molecule has 0 saturated carbocycles. The molecule has 0 heterocycles. The zero-order valence-electron chi connectivity index (χ0n) is 31.6. The lowest BCUT2D eigenvalue weighted by Gasteiger charge is -2.27. The Balaban J connectivity index is 6.33. The van der Waals surface area contributed by atoms with Crippen LogP contribution in [0, 0.1) is 5.92 Å². The molecule has 0 spiro atoms. The van der Waals surface area contributed by atoms with Gasteiger partial charge in [0.25, 0.3) is 0 Å². The third kappa shape index (κ3) is 21.2. The number of unbranched alkanes of at least 4 members (excludes halogenated alkanes) is 1. The third-order valence-corrected chi connectivity index (χ3v) is 7.94. The van der Waals surface area contributed by atoms with Crippen molar-refractivity contribution in [1.82, 2.24) is 31.9 Å². The Kier molecular flexibility index (Phi) is 23.1. The Morgan fingerprint density at radius 1 is 0.509 bits per heavy atom. The molecule has 0 bridgehead atoms. The fraction of sp³-hybridized carbons (Fsp3) is 0.697. The van der Waals surface area contributed by atoms with Crippen LogP contribution in [0.15, 0.2) is 0 Å². The van der Waals surface area contributed by atoms with Crippen LogP contribution >= 0.6 is 0 Å². The van der Waals surface area contributed by atoms with Crippen LogP contribution in [0.1, 0.15) is 91.9 Å². The highest BCUT2D eigenvalue weighted by Gasteiger charge is 2.34. The van der Waals surface area contributed by atoms with Crippen LogP contribution in [0.5, 0.6) is 0 Å². The van der Waals surface area contributed by atoms with Gasteiger partial charge in [0, 0.05) is 19.3 Å². The van der Waals surface area contributed by atoms with Gasteiger partial charge in [-0.05, 0) is 71.3 Å². The highest BCUT2D eigenvalue weighted by molar-refractivity contribution is 5.97. The molecule has 0 radical (unpaired) electrons. The van der Waals surface area contributed by atoms with Gasteiger partial charge in [0.2, 0.25) is 41.4 Å². The molecule has 0 aliphatic heterocycles. The SMILES string of the molecule is CC(C)C[C@H](NC(=O)[C@H](CCC(=O)O)NC(=O)[C@H](C)NC(=O)[C@H](C)N)C(=O)N[C@@H](CCC(=O)O)C(=O)N[C@@H](CCC(N)=O)C(=O)N[C@@H](CCCCN)C(=O)O. The molecule has 312 valence electrons. The van der Waals surface area contributed by atoms with Crippen molar-refractivity contribution in [3.63, 3.8) is 0 Å². The van der Waals surface area contributed by atoms with E-state index in [1.807, 2.05) is 0 Å². The molecule has 0 aromatic heterocycles. The zero-order chi connectivity index (χ0) is 42.4. The number of carbonyl (C=O) groups is 10. The van der Waals surface area contributed by atoms with Gasteiger partial charge in [-0.15, -0.1) is 0 Å². The van der Waals surface area contributed by atoms with Gasteiger partial charge < -0.3 is 64.4 Å². The van der Waals surface area contributed by atoms with Crippen molar-refractivity contribution in [3.05, 3.63) is 0 Å². The molecule has 0 fully saturated rings. The molecule has 0 saturated heterocycles. The Morgan fingerprint density at radius 3 is 1.29 bits per heavy atom. The first-order chi connectivity index (χ1) is 25.6. The lowest BCUT2D eigenvalue weighted by atomic mass is 10.0. The topological polar surface area (TPSA) is 382 Å². The maximum Gasteiger partial charge on any atom is 0.326 e. The average Bonchev–Trinajstić information content (AvgIpc) is 3.08. The molecule has 22 heteroatoms. The van der Waals surface area contributed by atoms with Crippen LogP contribution in [0.2, 0.25) is 0 Å². The first kappa shape index (κ1) is 49.6. The zero-order valence-corrected chi connectivity index (χ0v) is 31.6. The van der Waals surface area contributed by atoms with Gasteiger partial charge in [-0.3, -0.25) is 43.2 Å². The normalized spacial score (nSPS) is 14.7. The first-order valence-corrected chi connectivity index (χ1v) is 17.8. The van der Waals surface area contributed by atoms with Gasteiger partial charge in [0.1, 0.15) is 36.3 Å². The Morgan fingerprint density at radius 2 is 0.909 bits per heavy atom. The second-order valence-corrected chi connectivity index (χ2v) is 13.4. The van der Waals surface area contributed by atoms with E-state index in [0.717, 1.165) is 0 Å². The van der Waals surface area contributed by atoms with E-state index in [9.17, 15) is 63.3 Å². The van der Waals surface area contributed by atoms with E-state index in [-0.39, 0.29) is 31.7 Å². The molecule has 0 unspecified atom stereocenters. The molecule has 0 aliphatic rings. The summed E-state index contributed by atoms with van der Waals surface area (Å²) in [4.78, 5) is 125. The maximum absolute atomic E-state index is 13.6. The van der Waals surface area contributed by atoms with Gasteiger partial charge in [0.05, 0.1) is 6.04 Å². The maximum atomic E-state index is 13.6. The molecular formula is C33H57N9O13. The molecule has 0 aromatic rings. The average molecular weight is 788 g/mol. The summed E-state index contributed by atoms with van der Waals surface area (Å²) in [7, 11) is 0. The molecule has 7 amide bonds. The summed E-state index contributed by atoms with van der Waals surface area (Å²) in [5, 5.41) is 42.3. The van der Waals surface area contributed by atoms with Crippen LogP contribution in [0.3, 0.4) is 0 Å². The summed E-state index contributed by atoms with van der Waals surface area (Å²) in [6.45, 7) is 6.34. The minimum absolute atomic E-state index is 0.000982. The van der Waals surface area contributed by atoms with E-state index < -0.39 is 134 Å². The second-order valence-electron chi connectivity index (χ2n) is 13.4. The van der Waals surface area contributed by atoms with Crippen molar-refractivity contribution in [2.24, 2.45) is 23.1 Å². The standard InChI is InChI=1S/C33H57N9O13/c1-16(2)15-23(42-31(52)20(9-12-25(44)45)38-28(49)18(4)37-27(48)17(3)35)32(53)40-21(10-13-26(46)47)29(50)39-19(8-11-24(36)43)30(51)41-22(33(54)55)7-5-6-14-34/h16-23H,5-15,34-35H2,1-4H3,(H2,36,43)(H,37,48)(H,38,49)(H,39,50)(H,40,53)(H,41,51)(H,42,52)(H,44,45)(H,46,47)(H,54,55)/t17-,18-,19-,20-,21-,22-,23-/m0/s1. The molecule has 0 rings (SSSR count). The van der Waals surface area contributed by atoms with Crippen molar-refractivity contribution in [2.45, 2.75) is 134 Å². The molecule has 0 aliphatic carbocycles. The van der Waals surface area contributed by atoms with Gasteiger partial charge >= 0.3 is 17.9 Å². The quantitative estimate of drug-likeness (QED) is 0.0343. The van der Waals surface area contributed by atoms with E-state index in [1.54, 1.807) is 13.8 Å². The molecule has 15 N–H and O–H groups in total. The van der Waals surface area contributed by atoms with Crippen LogP contribution in [0.4, 0.5) is 0 Å². The van der Waals surface area contributed by atoms with Gasteiger partial charge in [-0.25, -0.2) is 4.79 Å². The molecule has 7 atom stereocenters. The second kappa shape index (κ2) is 25.6. The monoisotopic (exact) mass is 787 g/mol. The summed E-state index contributed by atoms with van der Waals surface area (Å²) < 4.78 is 0. The third-order valence-electron chi connectivity index (χ3n) is 7.94. The first-order valence-electron chi connectivity index (χ1n) is 17.8. The molecule has 0 aromatic carbocycles. The summed E-state index contributed by atoms with van der Waals surface area (Å²) in [6.07, 6.45) is -2.22. The molecule has 55 heavy (non-hydrogen) atoms. The number of hydrogen-bond donors (Lipinski definition) is 12. The fourth-order valence-electron chi connectivity index (χ4n) is 4.88. The number of aliphatic carboxylic acids is 3. The number of rotatable bonds is 28. The van der Waals surface area contributed by atoms with E-state index in [2.05, 4.69) is 31.9 Å². The van der Waals surface area contributed by atoms with Crippen molar-refractivity contribution in [2.75, 3.05) is 6.54 Å². The molecule has 22 nitrogen and oxygen atoms in total. The van der Waals surface area contributed by atoms with E-state index >= 15 is 0 Å².